The van der Waals surface area contributed by atoms with Crippen molar-refractivity contribution in [1.82, 2.24) is 24.1 Å². The molecule has 0 aliphatic carbocycles. The third-order valence-electron chi connectivity index (χ3n) is 5.56. The Morgan fingerprint density at radius 2 is 1.92 bits per heavy atom. The van der Waals surface area contributed by atoms with E-state index in [0.717, 1.165) is 15.7 Å². The molecule has 2 N–H and O–H groups in total. The van der Waals surface area contributed by atoms with Crippen LogP contribution >= 0.6 is 15.9 Å². The molecule has 0 atom stereocenters. The van der Waals surface area contributed by atoms with Gasteiger partial charge in [0, 0.05) is 35.5 Å². The van der Waals surface area contributed by atoms with E-state index in [4.69, 9.17) is 9.15 Å². The molecule has 0 fully saturated rings. The predicted octanol–water partition coefficient (Wildman–Crippen LogP) is 4.60. The highest BCUT2D eigenvalue weighted by molar-refractivity contribution is 9.10. The van der Waals surface area contributed by atoms with Crippen molar-refractivity contribution >= 4 is 37.7 Å². The molecule has 0 amide bonds. The average molecular weight is 583 g/mol. The minimum atomic E-state index is -3.57. The summed E-state index contributed by atoms with van der Waals surface area (Å²) >= 11 is 3.31. The van der Waals surface area contributed by atoms with E-state index >= 15 is 0 Å². The highest BCUT2D eigenvalue weighted by Crippen LogP contribution is 2.33. The lowest BCUT2D eigenvalue weighted by Gasteiger charge is -2.09. The van der Waals surface area contributed by atoms with Crippen molar-refractivity contribution in [3.05, 3.63) is 77.7 Å². The summed E-state index contributed by atoms with van der Waals surface area (Å²) in [5, 5.41) is 3.16. The number of halogens is 1. The first-order chi connectivity index (χ1) is 17.9. The van der Waals surface area contributed by atoms with Gasteiger partial charge in [0.05, 0.1) is 17.7 Å². The lowest BCUT2D eigenvalue weighted by atomic mass is 10.1. The maximum Gasteiger partial charge on any atom is 0.306 e. The van der Waals surface area contributed by atoms with Gasteiger partial charge in [-0.05, 0) is 48.9 Å². The SMILES string of the molecule is COc1cccc(-c2nc3occn3c2-c2ccnc(NCCCNS(=O)(=O)c3ccc(Br)cc3)n2)c1. The number of aromatic nitrogens is 4. The van der Waals surface area contributed by atoms with Crippen LogP contribution in [0, 0.1) is 0 Å². The first-order valence-corrected chi connectivity index (χ1v) is 13.6. The lowest BCUT2D eigenvalue weighted by Crippen LogP contribution is -2.26. The molecule has 37 heavy (non-hydrogen) atoms. The summed E-state index contributed by atoms with van der Waals surface area (Å²) in [5.41, 5.74) is 2.97. The lowest BCUT2D eigenvalue weighted by molar-refractivity contribution is 0.415. The van der Waals surface area contributed by atoms with Crippen molar-refractivity contribution in [1.29, 1.82) is 0 Å². The first-order valence-electron chi connectivity index (χ1n) is 11.4. The van der Waals surface area contributed by atoms with Gasteiger partial charge in [-0.2, -0.15) is 4.98 Å². The van der Waals surface area contributed by atoms with Crippen LogP contribution in [-0.2, 0) is 10.0 Å². The van der Waals surface area contributed by atoms with Crippen LogP contribution in [-0.4, -0.2) is 48.0 Å². The normalized spacial score (nSPS) is 11.6. The molecule has 0 aliphatic rings. The Bertz CT molecular complexity index is 1630. The third-order valence-corrected chi connectivity index (χ3v) is 7.56. The molecule has 190 valence electrons. The summed E-state index contributed by atoms with van der Waals surface area (Å²) in [4.78, 5) is 13.9. The zero-order valence-electron chi connectivity index (χ0n) is 19.8. The quantitative estimate of drug-likeness (QED) is 0.229. The first kappa shape index (κ1) is 24.9. The van der Waals surface area contributed by atoms with Crippen molar-refractivity contribution in [2.24, 2.45) is 0 Å². The fourth-order valence-electron chi connectivity index (χ4n) is 3.77. The van der Waals surface area contributed by atoms with Crippen LogP contribution in [0.15, 0.2) is 87.0 Å². The van der Waals surface area contributed by atoms with Crippen LogP contribution in [0.4, 0.5) is 5.95 Å². The smallest absolute Gasteiger partial charge is 0.306 e. The second-order valence-electron chi connectivity index (χ2n) is 7.99. The van der Waals surface area contributed by atoms with E-state index in [1.165, 1.54) is 0 Å². The number of benzene rings is 2. The molecule has 3 aromatic heterocycles. The molecule has 0 bridgehead atoms. The number of hydrogen-bond donors (Lipinski definition) is 2. The number of imidazole rings is 1. The number of nitrogens with one attached hydrogen (secondary N) is 2. The van der Waals surface area contributed by atoms with Crippen LogP contribution in [0.25, 0.3) is 28.5 Å². The minimum Gasteiger partial charge on any atom is -0.497 e. The summed E-state index contributed by atoms with van der Waals surface area (Å²) in [6.45, 7) is 0.742. The number of nitrogens with zero attached hydrogens (tertiary/aromatic N) is 4. The largest absolute Gasteiger partial charge is 0.497 e. The molecule has 2 aromatic carbocycles. The molecule has 0 aliphatic heterocycles. The minimum absolute atomic E-state index is 0.220. The van der Waals surface area contributed by atoms with Crippen LogP contribution in [0.5, 0.6) is 5.75 Å². The second-order valence-corrected chi connectivity index (χ2v) is 10.7. The van der Waals surface area contributed by atoms with E-state index in [9.17, 15) is 8.42 Å². The van der Waals surface area contributed by atoms with Gasteiger partial charge in [-0.25, -0.2) is 23.1 Å². The van der Waals surface area contributed by atoms with Crippen molar-refractivity contribution in [2.45, 2.75) is 11.3 Å². The van der Waals surface area contributed by atoms with Crippen molar-refractivity contribution < 1.29 is 17.6 Å². The zero-order valence-corrected chi connectivity index (χ0v) is 22.2. The molecule has 12 heteroatoms. The number of fused-ring (bicyclic) bond motifs is 1. The summed E-state index contributed by atoms with van der Waals surface area (Å²) in [6, 6.07) is 15.9. The molecule has 0 spiro atoms. The maximum absolute atomic E-state index is 12.4. The van der Waals surface area contributed by atoms with Gasteiger partial charge in [-0.3, -0.25) is 4.40 Å². The fraction of sp³-hybridized carbons (Fsp3) is 0.160. The molecule has 0 saturated heterocycles. The summed E-state index contributed by atoms with van der Waals surface area (Å²) in [7, 11) is -1.95. The van der Waals surface area contributed by atoms with Crippen molar-refractivity contribution in [3.63, 3.8) is 0 Å². The Kier molecular flexibility index (Phi) is 7.22. The highest BCUT2D eigenvalue weighted by Gasteiger charge is 2.20. The van der Waals surface area contributed by atoms with Gasteiger partial charge < -0.3 is 14.5 Å². The third kappa shape index (κ3) is 5.50. The zero-order chi connectivity index (χ0) is 25.8. The average Bonchev–Trinajstić information content (AvgIpc) is 3.50. The Morgan fingerprint density at radius 3 is 2.73 bits per heavy atom. The van der Waals surface area contributed by atoms with E-state index in [2.05, 4.69) is 40.9 Å². The van der Waals surface area contributed by atoms with E-state index in [-0.39, 0.29) is 11.4 Å². The van der Waals surface area contributed by atoms with Crippen molar-refractivity contribution in [2.75, 3.05) is 25.5 Å². The van der Waals surface area contributed by atoms with Gasteiger partial charge in [0.15, 0.2) is 0 Å². The van der Waals surface area contributed by atoms with Gasteiger partial charge in [0.1, 0.15) is 23.4 Å². The molecule has 0 saturated carbocycles. The fourth-order valence-corrected chi connectivity index (χ4v) is 5.11. The van der Waals surface area contributed by atoms with Crippen LogP contribution in [0.1, 0.15) is 6.42 Å². The monoisotopic (exact) mass is 582 g/mol. The van der Waals surface area contributed by atoms with Crippen molar-refractivity contribution in [3.8, 4) is 28.4 Å². The molecular weight excluding hydrogens is 560 g/mol. The molecular formula is C25H23BrN6O4S. The molecule has 10 nitrogen and oxygen atoms in total. The van der Waals surface area contributed by atoms with Gasteiger partial charge in [-0.1, -0.05) is 28.1 Å². The van der Waals surface area contributed by atoms with Crippen LogP contribution < -0.4 is 14.8 Å². The summed E-state index contributed by atoms with van der Waals surface area (Å²) < 4.78 is 41.0. The Morgan fingerprint density at radius 1 is 1.08 bits per heavy atom. The van der Waals surface area contributed by atoms with E-state index in [0.29, 0.717) is 41.9 Å². The topological polar surface area (TPSA) is 124 Å². The molecule has 5 aromatic rings. The number of oxazole rings is 1. The number of sulfonamides is 1. The van der Waals surface area contributed by atoms with Gasteiger partial charge >= 0.3 is 5.84 Å². The number of anilines is 1. The molecule has 0 unspecified atom stereocenters. The van der Waals surface area contributed by atoms with Crippen LogP contribution in [0.3, 0.4) is 0 Å². The Labute approximate surface area is 221 Å². The number of rotatable bonds is 10. The maximum atomic E-state index is 12.4. The van der Waals surface area contributed by atoms with Gasteiger partial charge in [0.2, 0.25) is 16.0 Å². The Hall–Kier alpha value is -3.74. The Balaban J connectivity index is 1.29. The van der Waals surface area contributed by atoms with Gasteiger partial charge in [0.25, 0.3) is 0 Å². The van der Waals surface area contributed by atoms with Crippen LogP contribution in [0.2, 0.25) is 0 Å². The second kappa shape index (κ2) is 10.7. The standard InChI is InChI=1S/C25H23BrN6O4S/c1-35-19-5-2-4-17(16-19)22-23(32-14-15-36-25(32)31-22)21-10-13-28-24(30-21)27-11-3-12-29-37(33,34)20-8-6-18(26)7-9-20/h2,4-10,13-16,29H,3,11-12H2,1H3,(H,27,28,30). The van der Waals surface area contributed by atoms with E-state index in [1.54, 1.807) is 56.1 Å². The van der Waals surface area contributed by atoms with E-state index < -0.39 is 10.0 Å². The number of hydrogen-bond acceptors (Lipinski definition) is 8. The predicted molar refractivity (Wildman–Crippen MR) is 143 cm³/mol. The highest BCUT2D eigenvalue weighted by atomic mass is 79.9. The number of methoxy groups -OCH3 is 1. The molecule has 0 radical (unpaired) electrons. The molecule has 3 heterocycles. The number of ether oxygens (including phenoxy) is 1. The molecule has 5 rings (SSSR count). The summed E-state index contributed by atoms with van der Waals surface area (Å²) in [5.74, 6) is 1.58. The van der Waals surface area contributed by atoms with Gasteiger partial charge in [-0.15, -0.1) is 0 Å². The summed E-state index contributed by atoms with van der Waals surface area (Å²) in [6.07, 6.45) is 5.55. The van der Waals surface area contributed by atoms with E-state index in [1.807, 2.05) is 28.7 Å².